The van der Waals surface area contributed by atoms with Gasteiger partial charge in [-0.3, -0.25) is 19.3 Å². The number of para-hydroxylation sites is 1. The number of amides is 3. The SMILES string of the molecule is Cc1ccc([C@H](C(=O)NCc2ccco2)N(C(=O)CNC(=O)c2cccs2)c2ccccc2C)cc1. The summed E-state index contributed by atoms with van der Waals surface area (Å²) in [6.45, 7) is 3.75. The molecule has 0 aliphatic rings. The first-order chi connectivity index (χ1) is 17.4. The minimum atomic E-state index is -0.965. The molecule has 2 heterocycles. The lowest BCUT2D eigenvalue weighted by atomic mass is 10.0. The summed E-state index contributed by atoms with van der Waals surface area (Å²) in [6.07, 6.45) is 1.54. The molecule has 0 spiro atoms. The summed E-state index contributed by atoms with van der Waals surface area (Å²) in [7, 11) is 0. The van der Waals surface area contributed by atoms with Gasteiger partial charge in [0.2, 0.25) is 11.8 Å². The van der Waals surface area contributed by atoms with Crippen LogP contribution in [0.15, 0.2) is 88.9 Å². The van der Waals surface area contributed by atoms with Crippen molar-refractivity contribution in [2.75, 3.05) is 11.4 Å². The molecule has 0 saturated heterocycles. The molecule has 0 aliphatic heterocycles. The minimum absolute atomic E-state index is 0.180. The molecule has 4 aromatic rings. The highest BCUT2D eigenvalue weighted by Gasteiger charge is 2.33. The molecule has 4 rings (SSSR count). The second kappa shape index (κ2) is 11.5. The Morgan fingerprint density at radius 3 is 2.36 bits per heavy atom. The lowest BCUT2D eigenvalue weighted by molar-refractivity contribution is -0.126. The molecule has 8 heteroatoms. The highest BCUT2D eigenvalue weighted by molar-refractivity contribution is 7.12. The largest absolute Gasteiger partial charge is 0.467 e. The predicted octanol–water partition coefficient (Wildman–Crippen LogP) is 4.78. The summed E-state index contributed by atoms with van der Waals surface area (Å²) in [4.78, 5) is 41.8. The molecular formula is C28H27N3O4S. The molecule has 2 aromatic carbocycles. The Bertz CT molecular complexity index is 1320. The van der Waals surface area contributed by atoms with Crippen LogP contribution in [-0.4, -0.2) is 24.3 Å². The second-order valence-electron chi connectivity index (χ2n) is 8.32. The molecule has 0 unspecified atom stereocenters. The van der Waals surface area contributed by atoms with Gasteiger partial charge in [0.15, 0.2) is 0 Å². The Hall–Kier alpha value is -4.17. The minimum Gasteiger partial charge on any atom is -0.467 e. The van der Waals surface area contributed by atoms with Crippen molar-refractivity contribution in [1.82, 2.24) is 10.6 Å². The van der Waals surface area contributed by atoms with Crippen molar-refractivity contribution in [2.45, 2.75) is 26.4 Å². The monoisotopic (exact) mass is 501 g/mol. The molecule has 1 atom stereocenters. The van der Waals surface area contributed by atoms with Crippen LogP contribution in [0.5, 0.6) is 0 Å². The zero-order valence-electron chi connectivity index (χ0n) is 20.1. The molecule has 0 aliphatic carbocycles. The van der Waals surface area contributed by atoms with Gasteiger partial charge in [-0.25, -0.2) is 0 Å². The molecule has 3 amide bonds. The van der Waals surface area contributed by atoms with Gasteiger partial charge in [-0.15, -0.1) is 11.3 Å². The number of carbonyl (C=O) groups excluding carboxylic acids is 3. The Kier molecular flexibility index (Phi) is 7.97. The van der Waals surface area contributed by atoms with Crippen LogP contribution in [0, 0.1) is 13.8 Å². The summed E-state index contributed by atoms with van der Waals surface area (Å²) < 4.78 is 5.36. The van der Waals surface area contributed by atoms with E-state index in [1.54, 1.807) is 42.0 Å². The van der Waals surface area contributed by atoms with Crippen LogP contribution in [0.4, 0.5) is 5.69 Å². The third-order valence-corrected chi connectivity index (χ3v) is 6.57. The number of furan rings is 1. The normalized spacial score (nSPS) is 11.5. The number of rotatable bonds is 9. The van der Waals surface area contributed by atoms with Gasteiger partial charge in [-0.1, -0.05) is 54.1 Å². The number of benzene rings is 2. The molecule has 7 nitrogen and oxygen atoms in total. The lowest BCUT2D eigenvalue weighted by Gasteiger charge is -2.32. The fourth-order valence-electron chi connectivity index (χ4n) is 3.84. The van der Waals surface area contributed by atoms with E-state index >= 15 is 0 Å². The summed E-state index contributed by atoms with van der Waals surface area (Å²) >= 11 is 1.29. The van der Waals surface area contributed by atoms with Crippen molar-refractivity contribution in [2.24, 2.45) is 0 Å². The van der Waals surface area contributed by atoms with Crippen molar-refractivity contribution in [3.63, 3.8) is 0 Å². The highest BCUT2D eigenvalue weighted by Crippen LogP contribution is 2.31. The van der Waals surface area contributed by atoms with E-state index in [0.717, 1.165) is 11.1 Å². The van der Waals surface area contributed by atoms with Crippen LogP contribution >= 0.6 is 11.3 Å². The van der Waals surface area contributed by atoms with Crippen molar-refractivity contribution in [3.05, 3.63) is 112 Å². The highest BCUT2D eigenvalue weighted by atomic mass is 32.1. The molecule has 2 aromatic heterocycles. The molecule has 0 saturated carbocycles. The lowest BCUT2D eigenvalue weighted by Crippen LogP contribution is -2.47. The second-order valence-corrected chi connectivity index (χ2v) is 9.27. The van der Waals surface area contributed by atoms with E-state index in [0.29, 0.717) is 21.9 Å². The van der Waals surface area contributed by atoms with Crippen molar-refractivity contribution in [1.29, 1.82) is 0 Å². The molecule has 184 valence electrons. The van der Waals surface area contributed by atoms with Gasteiger partial charge in [0, 0.05) is 5.69 Å². The number of thiophene rings is 1. The zero-order valence-corrected chi connectivity index (χ0v) is 20.9. The number of aryl methyl sites for hydroxylation is 2. The first kappa shape index (κ1) is 24.9. The Morgan fingerprint density at radius 1 is 0.917 bits per heavy atom. The van der Waals surface area contributed by atoms with Gasteiger partial charge in [0.1, 0.15) is 11.8 Å². The first-order valence-electron chi connectivity index (χ1n) is 11.5. The van der Waals surface area contributed by atoms with Gasteiger partial charge in [-0.2, -0.15) is 0 Å². The molecule has 0 radical (unpaired) electrons. The maximum Gasteiger partial charge on any atom is 0.261 e. The molecule has 0 fully saturated rings. The van der Waals surface area contributed by atoms with Gasteiger partial charge < -0.3 is 15.1 Å². The topological polar surface area (TPSA) is 91.7 Å². The summed E-state index contributed by atoms with van der Waals surface area (Å²) in [5, 5.41) is 7.39. The fraction of sp³-hybridized carbons (Fsp3) is 0.179. The summed E-state index contributed by atoms with van der Waals surface area (Å²) in [5.41, 5.74) is 3.10. The molecule has 36 heavy (non-hydrogen) atoms. The van der Waals surface area contributed by atoms with Crippen molar-refractivity contribution < 1.29 is 18.8 Å². The van der Waals surface area contributed by atoms with Crippen molar-refractivity contribution in [3.8, 4) is 0 Å². The number of carbonyl (C=O) groups is 3. The van der Waals surface area contributed by atoms with E-state index in [1.165, 1.54) is 16.2 Å². The number of nitrogens with zero attached hydrogens (tertiary/aromatic N) is 1. The molecule has 2 N–H and O–H groups in total. The van der Waals surface area contributed by atoms with E-state index in [-0.39, 0.29) is 24.9 Å². The third kappa shape index (κ3) is 5.90. The fourth-order valence-corrected chi connectivity index (χ4v) is 4.48. The predicted molar refractivity (Wildman–Crippen MR) is 140 cm³/mol. The maximum absolute atomic E-state index is 13.7. The Morgan fingerprint density at radius 2 is 1.69 bits per heavy atom. The average molecular weight is 502 g/mol. The number of nitrogens with one attached hydrogen (secondary N) is 2. The zero-order chi connectivity index (χ0) is 25.5. The Balaban J connectivity index is 1.68. The maximum atomic E-state index is 13.7. The van der Waals surface area contributed by atoms with Crippen LogP contribution < -0.4 is 15.5 Å². The summed E-state index contributed by atoms with van der Waals surface area (Å²) in [5.74, 6) is -0.510. The molecule has 0 bridgehead atoms. The van der Waals surface area contributed by atoms with Gasteiger partial charge in [0.25, 0.3) is 5.91 Å². The standard InChI is InChI=1S/C28H27N3O4S/c1-19-11-13-21(14-12-19)26(28(34)29-17-22-8-5-15-35-22)31(23-9-4-3-7-20(23)2)25(32)18-30-27(33)24-10-6-16-36-24/h3-16,26H,17-18H2,1-2H3,(H,29,34)(H,30,33)/t26-/m1/s1. The summed E-state index contributed by atoms with van der Waals surface area (Å²) in [6, 6.07) is 20.9. The van der Waals surface area contributed by atoms with E-state index < -0.39 is 11.9 Å². The van der Waals surface area contributed by atoms with E-state index in [2.05, 4.69) is 10.6 Å². The number of hydrogen-bond acceptors (Lipinski definition) is 5. The van der Waals surface area contributed by atoms with E-state index in [1.807, 2.05) is 56.3 Å². The van der Waals surface area contributed by atoms with E-state index in [4.69, 9.17) is 4.42 Å². The van der Waals surface area contributed by atoms with Gasteiger partial charge >= 0.3 is 0 Å². The number of hydrogen-bond donors (Lipinski definition) is 2. The van der Waals surface area contributed by atoms with E-state index in [9.17, 15) is 14.4 Å². The van der Waals surface area contributed by atoms with Gasteiger partial charge in [0.05, 0.1) is 24.2 Å². The first-order valence-corrected chi connectivity index (χ1v) is 12.4. The Labute approximate surface area is 213 Å². The van der Waals surface area contributed by atoms with Crippen LogP contribution in [0.25, 0.3) is 0 Å². The third-order valence-electron chi connectivity index (χ3n) is 5.71. The van der Waals surface area contributed by atoms with Crippen LogP contribution in [0.2, 0.25) is 0 Å². The number of anilines is 1. The quantitative estimate of drug-likeness (QED) is 0.345. The molecular weight excluding hydrogens is 474 g/mol. The van der Waals surface area contributed by atoms with Gasteiger partial charge in [-0.05, 0) is 54.6 Å². The average Bonchev–Trinajstić information content (AvgIpc) is 3.60. The van der Waals surface area contributed by atoms with Crippen LogP contribution in [0.1, 0.15) is 38.2 Å². The van der Waals surface area contributed by atoms with Crippen LogP contribution in [-0.2, 0) is 16.1 Å². The van der Waals surface area contributed by atoms with Crippen molar-refractivity contribution >= 4 is 34.7 Å². The van der Waals surface area contributed by atoms with Crippen LogP contribution in [0.3, 0.4) is 0 Å². The smallest absolute Gasteiger partial charge is 0.261 e.